The quantitative estimate of drug-likeness (QED) is 0.837. The molecule has 1 aromatic carbocycles. The number of furan rings is 1. The molecule has 1 aliphatic heterocycles. The lowest BCUT2D eigenvalue weighted by Crippen LogP contribution is -2.50. The molecule has 27 heavy (non-hydrogen) atoms. The van der Waals surface area contributed by atoms with E-state index in [2.05, 4.69) is 10.2 Å². The van der Waals surface area contributed by atoms with Crippen LogP contribution in [0.4, 0.5) is 5.69 Å². The number of carbonyl (C=O) groups excluding carboxylic acids is 2. The molecule has 3 N–H and O–H groups in total. The highest BCUT2D eigenvalue weighted by Crippen LogP contribution is 2.18. The summed E-state index contributed by atoms with van der Waals surface area (Å²) >= 11 is 0. The normalized spacial score (nSPS) is 15.0. The Hall–Kier alpha value is -2.64. The van der Waals surface area contributed by atoms with Gasteiger partial charge in [-0.25, -0.2) is 0 Å². The van der Waals surface area contributed by atoms with Crippen LogP contribution in [0, 0.1) is 13.8 Å². The fourth-order valence-corrected chi connectivity index (χ4v) is 3.17. The van der Waals surface area contributed by atoms with Crippen molar-refractivity contribution < 1.29 is 14.0 Å². The van der Waals surface area contributed by atoms with Gasteiger partial charge in [-0.05, 0) is 37.1 Å². The highest BCUT2D eigenvalue weighted by molar-refractivity contribution is 5.94. The van der Waals surface area contributed by atoms with Gasteiger partial charge in [-0.15, -0.1) is 0 Å². The van der Waals surface area contributed by atoms with Gasteiger partial charge in [0.2, 0.25) is 5.91 Å². The van der Waals surface area contributed by atoms with Crippen molar-refractivity contribution in [2.75, 3.05) is 38.0 Å². The second-order valence-electron chi connectivity index (χ2n) is 6.87. The monoisotopic (exact) mass is 370 g/mol. The number of benzene rings is 1. The summed E-state index contributed by atoms with van der Waals surface area (Å²) in [5.41, 5.74) is 9.12. The first kappa shape index (κ1) is 19.1. The van der Waals surface area contributed by atoms with E-state index < -0.39 is 0 Å². The van der Waals surface area contributed by atoms with E-state index in [1.807, 2.05) is 32.0 Å². The van der Waals surface area contributed by atoms with Crippen molar-refractivity contribution in [3.8, 4) is 0 Å². The molecule has 0 saturated carbocycles. The number of anilines is 1. The standard InChI is InChI=1S/C20H26N4O3/c1-14-4-3-5-18(15(14)2)22-19(25)12-23-6-8-24(9-7-23)20(26)16-10-17(11-21)27-13-16/h3-5,10,13H,6-9,11-12,21H2,1-2H3,(H,22,25). The van der Waals surface area contributed by atoms with Crippen molar-refractivity contribution in [1.29, 1.82) is 0 Å². The van der Waals surface area contributed by atoms with Crippen LogP contribution in [0.2, 0.25) is 0 Å². The number of amides is 2. The Morgan fingerprint density at radius 3 is 2.59 bits per heavy atom. The molecule has 7 nitrogen and oxygen atoms in total. The third-order valence-corrected chi connectivity index (χ3v) is 5.01. The van der Waals surface area contributed by atoms with Crippen molar-refractivity contribution in [3.05, 3.63) is 53.0 Å². The van der Waals surface area contributed by atoms with Crippen LogP contribution in [0.25, 0.3) is 0 Å². The van der Waals surface area contributed by atoms with Crippen molar-refractivity contribution in [2.45, 2.75) is 20.4 Å². The summed E-state index contributed by atoms with van der Waals surface area (Å²) in [7, 11) is 0. The van der Waals surface area contributed by atoms with Crippen molar-refractivity contribution in [1.82, 2.24) is 9.80 Å². The topological polar surface area (TPSA) is 91.8 Å². The van der Waals surface area contributed by atoms with Crippen LogP contribution in [0.15, 0.2) is 34.9 Å². The van der Waals surface area contributed by atoms with Gasteiger partial charge in [-0.1, -0.05) is 12.1 Å². The second kappa shape index (κ2) is 8.37. The predicted octanol–water partition coefficient (Wildman–Crippen LogP) is 1.75. The first-order valence-corrected chi connectivity index (χ1v) is 9.13. The van der Waals surface area contributed by atoms with Gasteiger partial charge in [0.15, 0.2) is 0 Å². The zero-order chi connectivity index (χ0) is 19.4. The van der Waals surface area contributed by atoms with E-state index in [9.17, 15) is 9.59 Å². The molecule has 1 saturated heterocycles. The summed E-state index contributed by atoms with van der Waals surface area (Å²) in [4.78, 5) is 28.7. The van der Waals surface area contributed by atoms with Gasteiger partial charge in [0, 0.05) is 31.9 Å². The van der Waals surface area contributed by atoms with Crippen LogP contribution in [0.5, 0.6) is 0 Å². The Kier molecular flexibility index (Phi) is 5.93. The molecule has 0 unspecified atom stereocenters. The van der Waals surface area contributed by atoms with Crippen LogP contribution < -0.4 is 11.1 Å². The molecule has 0 spiro atoms. The van der Waals surface area contributed by atoms with Gasteiger partial charge in [-0.3, -0.25) is 14.5 Å². The molecule has 2 heterocycles. The molecule has 1 fully saturated rings. The van der Waals surface area contributed by atoms with E-state index in [-0.39, 0.29) is 18.4 Å². The third kappa shape index (κ3) is 4.56. The number of carbonyl (C=O) groups is 2. The van der Waals surface area contributed by atoms with Crippen LogP contribution >= 0.6 is 0 Å². The zero-order valence-corrected chi connectivity index (χ0v) is 15.8. The number of hydrogen-bond acceptors (Lipinski definition) is 5. The molecule has 3 rings (SSSR count). The van der Waals surface area contributed by atoms with Crippen LogP contribution in [0.3, 0.4) is 0 Å². The van der Waals surface area contributed by atoms with Crippen molar-refractivity contribution in [2.24, 2.45) is 5.73 Å². The zero-order valence-electron chi connectivity index (χ0n) is 15.8. The third-order valence-electron chi connectivity index (χ3n) is 5.01. The van der Waals surface area contributed by atoms with E-state index in [0.29, 0.717) is 44.0 Å². The number of piperazine rings is 1. The molecule has 7 heteroatoms. The summed E-state index contributed by atoms with van der Waals surface area (Å²) in [6, 6.07) is 7.57. The largest absolute Gasteiger partial charge is 0.467 e. The fourth-order valence-electron chi connectivity index (χ4n) is 3.17. The number of rotatable bonds is 5. The Morgan fingerprint density at radius 2 is 1.93 bits per heavy atom. The Morgan fingerprint density at radius 1 is 1.19 bits per heavy atom. The Balaban J connectivity index is 1.49. The number of nitrogens with one attached hydrogen (secondary N) is 1. The lowest BCUT2D eigenvalue weighted by atomic mass is 10.1. The lowest BCUT2D eigenvalue weighted by Gasteiger charge is -2.34. The average Bonchev–Trinajstić information content (AvgIpc) is 3.15. The molecule has 144 valence electrons. The number of hydrogen-bond donors (Lipinski definition) is 2. The average molecular weight is 370 g/mol. The highest BCUT2D eigenvalue weighted by Gasteiger charge is 2.24. The Labute approximate surface area is 159 Å². The van der Waals surface area contributed by atoms with E-state index in [0.717, 1.165) is 16.8 Å². The Bertz CT molecular complexity index is 822. The molecule has 0 aliphatic carbocycles. The molecule has 0 bridgehead atoms. The minimum atomic E-state index is -0.0575. The first-order chi connectivity index (χ1) is 13.0. The number of nitrogens with zero attached hydrogens (tertiary/aromatic N) is 2. The van der Waals surface area contributed by atoms with Crippen LogP contribution in [0.1, 0.15) is 27.2 Å². The fraction of sp³-hybridized carbons (Fsp3) is 0.400. The molecule has 2 aromatic rings. The predicted molar refractivity (Wildman–Crippen MR) is 103 cm³/mol. The number of aryl methyl sites for hydroxylation is 1. The van der Waals surface area contributed by atoms with E-state index in [1.165, 1.54) is 6.26 Å². The van der Waals surface area contributed by atoms with Gasteiger partial charge in [0.05, 0.1) is 18.7 Å². The summed E-state index contributed by atoms with van der Waals surface area (Å²) in [5.74, 6) is 0.504. The first-order valence-electron chi connectivity index (χ1n) is 9.13. The molecular weight excluding hydrogens is 344 g/mol. The minimum absolute atomic E-state index is 0.0362. The van der Waals surface area contributed by atoms with Gasteiger partial charge in [-0.2, -0.15) is 0 Å². The lowest BCUT2D eigenvalue weighted by molar-refractivity contribution is -0.117. The van der Waals surface area contributed by atoms with Crippen LogP contribution in [-0.2, 0) is 11.3 Å². The second-order valence-corrected chi connectivity index (χ2v) is 6.87. The van der Waals surface area contributed by atoms with Gasteiger partial charge in [0.1, 0.15) is 12.0 Å². The van der Waals surface area contributed by atoms with E-state index in [4.69, 9.17) is 10.2 Å². The van der Waals surface area contributed by atoms with Crippen LogP contribution in [-0.4, -0.2) is 54.3 Å². The van der Waals surface area contributed by atoms with Crippen molar-refractivity contribution in [3.63, 3.8) is 0 Å². The summed E-state index contributed by atoms with van der Waals surface area (Å²) < 4.78 is 5.24. The maximum atomic E-state index is 12.5. The maximum Gasteiger partial charge on any atom is 0.257 e. The van der Waals surface area contributed by atoms with Gasteiger partial charge >= 0.3 is 0 Å². The highest BCUT2D eigenvalue weighted by atomic mass is 16.3. The van der Waals surface area contributed by atoms with E-state index >= 15 is 0 Å². The van der Waals surface area contributed by atoms with Gasteiger partial charge < -0.3 is 20.4 Å². The summed E-state index contributed by atoms with van der Waals surface area (Å²) in [5, 5.41) is 2.98. The molecule has 1 aromatic heterocycles. The minimum Gasteiger partial charge on any atom is -0.467 e. The number of nitrogens with two attached hydrogens (primary N) is 1. The maximum absolute atomic E-state index is 12.5. The SMILES string of the molecule is Cc1cccc(NC(=O)CN2CCN(C(=O)c3coc(CN)c3)CC2)c1C. The molecule has 2 amide bonds. The van der Waals surface area contributed by atoms with Gasteiger partial charge in [0.25, 0.3) is 5.91 Å². The summed E-state index contributed by atoms with van der Waals surface area (Å²) in [6.45, 7) is 7.10. The van der Waals surface area contributed by atoms with Crippen molar-refractivity contribution >= 4 is 17.5 Å². The molecule has 1 aliphatic rings. The molecule has 0 atom stereocenters. The smallest absolute Gasteiger partial charge is 0.257 e. The summed E-state index contributed by atoms with van der Waals surface area (Å²) in [6.07, 6.45) is 1.45. The molecular formula is C20H26N4O3. The molecule has 0 radical (unpaired) electrons. The van der Waals surface area contributed by atoms with E-state index in [1.54, 1.807) is 11.0 Å².